The third-order valence-electron chi connectivity index (χ3n) is 3.12. The maximum absolute atomic E-state index is 9.56. The number of methoxy groups -OCH3 is 1. The fraction of sp³-hybridized carbons (Fsp3) is 0.400. The summed E-state index contributed by atoms with van der Waals surface area (Å²) in [6.07, 6.45) is 0. The van der Waals surface area contributed by atoms with Gasteiger partial charge < -0.3 is 20.1 Å². The third-order valence-corrected chi connectivity index (χ3v) is 4.32. The van der Waals surface area contributed by atoms with Gasteiger partial charge in [0.15, 0.2) is 5.13 Å². The highest BCUT2D eigenvalue weighted by molar-refractivity contribution is 7.15. The maximum Gasteiger partial charge on any atom is 0.230 e. The topological polar surface area (TPSA) is 57.6 Å². The van der Waals surface area contributed by atoms with Gasteiger partial charge in [0.25, 0.3) is 0 Å². The Morgan fingerprint density at radius 1 is 1.33 bits per heavy atom. The summed E-state index contributed by atoms with van der Waals surface area (Å²) >= 11 is 1.59. The number of hydrogen-bond acceptors (Lipinski definition) is 6. The average Bonchev–Trinajstić information content (AvgIpc) is 2.92. The number of nitrogens with zero attached hydrogens (tertiary/aromatic N) is 2. The van der Waals surface area contributed by atoms with Crippen LogP contribution >= 0.6 is 11.3 Å². The predicted octanol–water partition coefficient (Wildman–Crippen LogP) is 2.04. The molecule has 2 N–H and O–H groups in total. The monoisotopic (exact) mass is 307 g/mol. The average molecular weight is 307 g/mol. The standard InChI is InChI=1S/C15H21N3O2S/c1-18(2)15-17-14(20-3)13(21-15)9-16-12(10-19)11-7-5-4-6-8-11/h4-8,12,16,19H,9-10H2,1-3H3. The van der Waals surface area contributed by atoms with Crippen molar-refractivity contribution in [3.63, 3.8) is 0 Å². The van der Waals surface area contributed by atoms with Crippen LogP contribution in [-0.4, -0.2) is 37.9 Å². The second-order valence-corrected chi connectivity index (χ2v) is 5.91. The maximum atomic E-state index is 9.56. The lowest BCUT2D eigenvalue weighted by molar-refractivity contribution is 0.243. The number of ether oxygens (including phenoxy) is 1. The number of thiazole rings is 1. The molecule has 1 heterocycles. The summed E-state index contributed by atoms with van der Waals surface area (Å²) in [5, 5.41) is 13.8. The molecule has 0 bridgehead atoms. The molecule has 0 aliphatic rings. The van der Waals surface area contributed by atoms with E-state index in [9.17, 15) is 5.11 Å². The third kappa shape index (κ3) is 3.93. The van der Waals surface area contributed by atoms with Crippen LogP contribution < -0.4 is 15.0 Å². The number of aromatic nitrogens is 1. The van der Waals surface area contributed by atoms with E-state index in [0.717, 1.165) is 15.6 Å². The lowest BCUT2D eigenvalue weighted by Gasteiger charge is -2.16. The molecule has 0 spiro atoms. The number of aliphatic hydroxyl groups is 1. The van der Waals surface area contributed by atoms with Crippen LogP contribution in [0.15, 0.2) is 30.3 Å². The quantitative estimate of drug-likeness (QED) is 0.820. The molecule has 6 heteroatoms. The zero-order valence-corrected chi connectivity index (χ0v) is 13.4. The molecule has 1 atom stereocenters. The van der Waals surface area contributed by atoms with Crippen molar-refractivity contribution in [2.75, 3.05) is 32.7 Å². The van der Waals surface area contributed by atoms with E-state index in [2.05, 4.69) is 10.3 Å². The van der Waals surface area contributed by atoms with Gasteiger partial charge in [0.05, 0.1) is 24.6 Å². The summed E-state index contributed by atoms with van der Waals surface area (Å²) in [6.45, 7) is 0.653. The van der Waals surface area contributed by atoms with Crippen LogP contribution in [-0.2, 0) is 6.54 Å². The Kier molecular flexibility index (Phi) is 5.55. The molecule has 114 valence electrons. The summed E-state index contributed by atoms with van der Waals surface area (Å²) < 4.78 is 5.32. The van der Waals surface area contributed by atoms with Crippen molar-refractivity contribution in [3.05, 3.63) is 40.8 Å². The molecule has 0 aliphatic carbocycles. The second-order valence-electron chi connectivity index (χ2n) is 4.85. The first-order valence-electron chi connectivity index (χ1n) is 6.76. The summed E-state index contributed by atoms with van der Waals surface area (Å²) in [5.74, 6) is 0.640. The van der Waals surface area contributed by atoms with Crippen LogP contribution in [0, 0.1) is 0 Å². The summed E-state index contributed by atoms with van der Waals surface area (Å²) in [6, 6.07) is 9.81. The number of aliphatic hydroxyl groups excluding tert-OH is 1. The summed E-state index contributed by atoms with van der Waals surface area (Å²) in [5.41, 5.74) is 1.07. The highest BCUT2D eigenvalue weighted by atomic mass is 32.1. The van der Waals surface area contributed by atoms with Gasteiger partial charge in [0, 0.05) is 20.6 Å². The lowest BCUT2D eigenvalue weighted by atomic mass is 10.1. The number of benzene rings is 1. The zero-order chi connectivity index (χ0) is 15.2. The highest BCUT2D eigenvalue weighted by Crippen LogP contribution is 2.30. The van der Waals surface area contributed by atoms with Crippen LogP contribution in [0.2, 0.25) is 0 Å². The second kappa shape index (κ2) is 7.40. The molecule has 0 fully saturated rings. The van der Waals surface area contributed by atoms with Crippen molar-refractivity contribution in [2.45, 2.75) is 12.6 Å². The van der Waals surface area contributed by atoms with Crippen molar-refractivity contribution in [2.24, 2.45) is 0 Å². The molecule has 0 aliphatic heterocycles. The Morgan fingerprint density at radius 2 is 2.05 bits per heavy atom. The van der Waals surface area contributed by atoms with E-state index in [0.29, 0.717) is 12.4 Å². The van der Waals surface area contributed by atoms with Crippen molar-refractivity contribution in [3.8, 4) is 5.88 Å². The van der Waals surface area contributed by atoms with Crippen LogP contribution in [0.5, 0.6) is 5.88 Å². The molecule has 1 unspecified atom stereocenters. The van der Waals surface area contributed by atoms with E-state index in [1.54, 1.807) is 18.4 Å². The van der Waals surface area contributed by atoms with E-state index in [1.807, 2.05) is 49.3 Å². The van der Waals surface area contributed by atoms with E-state index in [1.165, 1.54) is 0 Å². The molecule has 0 amide bonds. The van der Waals surface area contributed by atoms with Crippen molar-refractivity contribution in [1.82, 2.24) is 10.3 Å². The zero-order valence-electron chi connectivity index (χ0n) is 12.5. The first-order valence-corrected chi connectivity index (χ1v) is 7.57. The van der Waals surface area contributed by atoms with Gasteiger partial charge in [-0.2, -0.15) is 4.98 Å². The molecular formula is C15H21N3O2S. The minimum absolute atomic E-state index is 0.0473. The largest absolute Gasteiger partial charge is 0.480 e. The number of rotatable bonds is 7. The molecule has 2 aromatic rings. The molecule has 21 heavy (non-hydrogen) atoms. The first-order chi connectivity index (χ1) is 10.2. The van der Waals surface area contributed by atoms with Gasteiger partial charge in [0.1, 0.15) is 0 Å². The molecule has 2 rings (SSSR count). The number of anilines is 1. The minimum atomic E-state index is -0.0965. The van der Waals surface area contributed by atoms with Crippen LogP contribution in [0.3, 0.4) is 0 Å². The van der Waals surface area contributed by atoms with Crippen LogP contribution in [0.4, 0.5) is 5.13 Å². The van der Waals surface area contributed by atoms with Crippen molar-refractivity contribution >= 4 is 16.5 Å². The van der Waals surface area contributed by atoms with Gasteiger partial charge >= 0.3 is 0 Å². The van der Waals surface area contributed by atoms with Gasteiger partial charge in [0.2, 0.25) is 5.88 Å². The molecule has 1 aromatic carbocycles. The van der Waals surface area contributed by atoms with Gasteiger partial charge in [-0.1, -0.05) is 41.7 Å². The first kappa shape index (κ1) is 15.8. The Hall–Kier alpha value is -1.63. The Morgan fingerprint density at radius 3 is 2.62 bits per heavy atom. The number of hydrogen-bond donors (Lipinski definition) is 2. The minimum Gasteiger partial charge on any atom is -0.480 e. The van der Waals surface area contributed by atoms with Crippen LogP contribution in [0.1, 0.15) is 16.5 Å². The Labute approximate surface area is 129 Å². The Balaban J connectivity index is 2.08. The van der Waals surface area contributed by atoms with Gasteiger partial charge in [-0.15, -0.1) is 0 Å². The molecule has 0 radical (unpaired) electrons. The summed E-state index contributed by atoms with van der Waals surface area (Å²) in [4.78, 5) is 7.40. The van der Waals surface area contributed by atoms with E-state index >= 15 is 0 Å². The molecule has 5 nitrogen and oxygen atoms in total. The van der Waals surface area contributed by atoms with Crippen molar-refractivity contribution in [1.29, 1.82) is 0 Å². The fourth-order valence-corrected chi connectivity index (χ4v) is 2.88. The molecular weight excluding hydrogens is 286 g/mol. The Bertz CT molecular complexity index is 557. The lowest BCUT2D eigenvalue weighted by Crippen LogP contribution is -2.23. The van der Waals surface area contributed by atoms with Crippen molar-refractivity contribution < 1.29 is 9.84 Å². The van der Waals surface area contributed by atoms with E-state index < -0.39 is 0 Å². The van der Waals surface area contributed by atoms with Crippen LogP contribution in [0.25, 0.3) is 0 Å². The van der Waals surface area contributed by atoms with Gasteiger partial charge in [-0.05, 0) is 5.56 Å². The molecule has 0 saturated carbocycles. The predicted molar refractivity (Wildman–Crippen MR) is 86.1 cm³/mol. The van der Waals surface area contributed by atoms with Gasteiger partial charge in [-0.25, -0.2) is 0 Å². The van der Waals surface area contributed by atoms with Gasteiger partial charge in [-0.3, -0.25) is 0 Å². The van der Waals surface area contributed by atoms with E-state index in [-0.39, 0.29) is 12.6 Å². The molecule has 1 aromatic heterocycles. The smallest absolute Gasteiger partial charge is 0.230 e. The fourth-order valence-electron chi connectivity index (χ4n) is 1.98. The normalized spacial score (nSPS) is 12.2. The number of nitrogens with one attached hydrogen (secondary N) is 1. The highest BCUT2D eigenvalue weighted by Gasteiger charge is 2.15. The SMILES string of the molecule is COc1nc(N(C)C)sc1CNC(CO)c1ccccc1. The summed E-state index contributed by atoms with van der Waals surface area (Å²) in [7, 11) is 5.53. The molecule has 0 saturated heterocycles. The van der Waals surface area contributed by atoms with E-state index in [4.69, 9.17) is 4.74 Å².